The van der Waals surface area contributed by atoms with Crippen molar-refractivity contribution in [1.82, 2.24) is 5.32 Å². The number of anilines is 1. The van der Waals surface area contributed by atoms with E-state index in [0.29, 0.717) is 0 Å². The molecule has 3 N–H and O–H groups in total. The first-order valence-electron chi connectivity index (χ1n) is 5.64. The molecule has 1 aliphatic rings. The molecule has 2 rings (SSSR count). The van der Waals surface area contributed by atoms with E-state index in [1.165, 1.54) is 12.8 Å². The van der Waals surface area contributed by atoms with Crippen molar-refractivity contribution in [2.75, 3.05) is 24.6 Å². The summed E-state index contributed by atoms with van der Waals surface area (Å²) in [5.41, 5.74) is 6.54. The third kappa shape index (κ3) is 3.30. The smallest absolute Gasteiger partial charge is 0.0543 e. The molecular formula is C12H17ClN2S. The fourth-order valence-electron chi connectivity index (χ4n) is 1.89. The van der Waals surface area contributed by atoms with Crippen LogP contribution in [0, 0.1) is 5.92 Å². The summed E-state index contributed by atoms with van der Waals surface area (Å²) in [4.78, 5) is 1.11. The maximum Gasteiger partial charge on any atom is 0.0543 e. The van der Waals surface area contributed by atoms with Gasteiger partial charge in [0.25, 0.3) is 0 Å². The minimum atomic E-state index is 0.789. The third-order valence-electron chi connectivity index (χ3n) is 2.89. The zero-order valence-corrected chi connectivity index (χ0v) is 10.8. The van der Waals surface area contributed by atoms with Gasteiger partial charge in [-0.15, -0.1) is 11.8 Å². The predicted octanol–water partition coefficient (Wildman–Crippen LogP) is 3.01. The van der Waals surface area contributed by atoms with Gasteiger partial charge in [-0.1, -0.05) is 11.6 Å². The van der Waals surface area contributed by atoms with Crippen molar-refractivity contribution in [3.63, 3.8) is 0 Å². The van der Waals surface area contributed by atoms with Gasteiger partial charge in [0.1, 0.15) is 0 Å². The lowest BCUT2D eigenvalue weighted by molar-refractivity contribution is 0.408. The highest BCUT2D eigenvalue weighted by Crippen LogP contribution is 2.31. The molecule has 0 amide bonds. The Morgan fingerprint density at radius 2 is 2.12 bits per heavy atom. The number of nitrogens with two attached hydrogens (primary N) is 1. The first kappa shape index (κ1) is 12.1. The number of hydrogen-bond donors (Lipinski definition) is 2. The average Bonchev–Trinajstić information content (AvgIpc) is 2.32. The van der Waals surface area contributed by atoms with Crippen LogP contribution in [0.15, 0.2) is 23.1 Å². The summed E-state index contributed by atoms with van der Waals surface area (Å²) >= 11 is 7.95. The molecule has 1 fully saturated rings. The number of piperidine rings is 1. The summed E-state index contributed by atoms with van der Waals surface area (Å²) < 4.78 is 0. The van der Waals surface area contributed by atoms with E-state index >= 15 is 0 Å². The van der Waals surface area contributed by atoms with E-state index in [1.54, 1.807) is 0 Å². The van der Waals surface area contributed by atoms with Gasteiger partial charge < -0.3 is 11.1 Å². The molecule has 4 heteroatoms. The highest BCUT2D eigenvalue weighted by atomic mass is 35.5. The Labute approximate surface area is 106 Å². The van der Waals surface area contributed by atoms with Crippen LogP contribution in [0.1, 0.15) is 12.8 Å². The van der Waals surface area contributed by atoms with E-state index in [1.807, 2.05) is 30.0 Å². The van der Waals surface area contributed by atoms with Crippen molar-refractivity contribution >= 4 is 29.1 Å². The molecule has 16 heavy (non-hydrogen) atoms. The van der Waals surface area contributed by atoms with Crippen molar-refractivity contribution in [1.29, 1.82) is 0 Å². The van der Waals surface area contributed by atoms with Gasteiger partial charge in [0, 0.05) is 16.3 Å². The van der Waals surface area contributed by atoms with Crippen LogP contribution in [-0.2, 0) is 0 Å². The first-order chi connectivity index (χ1) is 7.75. The Morgan fingerprint density at radius 1 is 1.38 bits per heavy atom. The second-order valence-corrected chi connectivity index (χ2v) is 5.66. The number of rotatable bonds is 3. The fraction of sp³-hybridized carbons (Fsp3) is 0.500. The van der Waals surface area contributed by atoms with E-state index in [9.17, 15) is 0 Å². The summed E-state index contributed by atoms with van der Waals surface area (Å²) in [5, 5.41) is 4.19. The summed E-state index contributed by atoms with van der Waals surface area (Å²) in [6.45, 7) is 2.30. The van der Waals surface area contributed by atoms with Crippen LogP contribution in [0.5, 0.6) is 0 Å². The van der Waals surface area contributed by atoms with Crippen LogP contribution in [-0.4, -0.2) is 18.8 Å². The Kier molecular flexibility index (Phi) is 4.38. The van der Waals surface area contributed by atoms with Crippen LogP contribution in [0.25, 0.3) is 0 Å². The molecule has 1 aromatic rings. The van der Waals surface area contributed by atoms with Gasteiger partial charge in [-0.2, -0.15) is 0 Å². The minimum Gasteiger partial charge on any atom is -0.399 e. The van der Waals surface area contributed by atoms with E-state index in [4.69, 9.17) is 17.3 Å². The Balaban J connectivity index is 1.90. The van der Waals surface area contributed by atoms with Crippen LogP contribution in [0.2, 0.25) is 5.02 Å². The van der Waals surface area contributed by atoms with Crippen LogP contribution in [0.4, 0.5) is 5.69 Å². The highest BCUT2D eigenvalue weighted by molar-refractivity contribution is 7.99. The molecule has 0 unspecified atom stereocenters. The molecule has 2 nitrogen and oxygen atoms in total. The van der Waals surface area contributed by atoms with Crippen molar-refractivity contribution in [2.24, 2.45) is 5.92 Å². The van der Waals surface area contributed by atoms with Crippen molar-refractivity contribution in [3.8, 4) is 0 Å². The van der Waals surface area contributed by atoms with Gasteiger partial charge in [0.2, 0.25) is 0 Å². The SMILES string of the molecule is Nc1ccc(Cl)c(SCC2CCNCC2)c1. The Morgan fingerprint density at radius 3 is 2.88 bits per heavy atom. The van der Waals surface area contributed by atoms with Gasteiger partial charge >= 0.3 is 0 Å². The lowest BCUT2D eigenvalue weighted by atomic mass is 10.0. The maximum absolute atomic E-state index is 6.13. The van der Waals surface area contributed by atoms with Gasteiger partial charge in [-0.3, -0.25) is 0 Å². The molecule has 0 spiro atoms. The summed E-state index contributed by atoms with van der Waals surface area (Å²) in [7, 11) is 0. The number of halogens is 1. The van der Waals surface area contributed by atoms with Gasteiger partial charge in [0.15, 0.2) is 0 Å². The largest absolute Gasteiger partial charge is 0.399 e. The average molecular weight is 257 g/mol. The monoisotopic (exact) mass is 256 g/mol. The van der Waals surface area contributed by atoms with Crippen LogP contribution in [0.3, 0.4) is 0 Å². The molecule has 1 heterocycles. The van der Waals surface area contributed by atoms with Crippen molar-refractivity contribution in [3.05, 3.63) is 23.2 Å². The zero-order valence-electron chi connectivity index (χ0n) is 9.21. The second-order valence-electron chi connectivity index (χ2n) is 4.19. The first-order valence-corrected chi connectivity index (χ1v) is 7.00. The Hall–Kier alpha value is -0.380. The molecule has 0 radical (unpaired) electrons. The van der Waals surface area contributed by atoms with Crippen LogP contribution < -0.4 is 11.1 Å². The highest BCUT2D eigenvalue weighted by Gasteiger charge is 2.13. The third-order valence-corrected chi connectivity index (χ3v) is 4.62. The van der Waals surface area contributed by atoms with Gasteiger partial charge in [-0.05, 0) is 50.0 Å². The quantitative estimate of drug-likeness (QED) is 0.645. The standard InChI is InChI=1S/C12H17ClN2S/c13-11-2-1-10(14)7-12(11)16-8-9-3-5-15-6-4-9/h1-2,7,9,15H,3-6,8,14H2. The maximum atomic E-state index is 6.13. The summed E-state index contributed by atoms with van der Waals surface area (Å²) in [6, 6.07) is 5.69. The van der Waals surface area contributed by atoms with E-state index < -0.39 is 0 Å². The van der Waals surface area contributed by atoms with Gasteiger partial charge in [-0.25, -0.2) is 0 Å². The number of nitrogens with one attached hydrogen (secondary N) is 1. The molecule has 88 valence electrons. The molecule has 1 saturated heterocycles. The molecular weight excluding hydrogens is 240 g/mol. The van der Waals surface area contributed by atoms with Gasteiger partial charge in [0.05, 0.1) is 5.02 Å². The minimum absolute atomic E-state index is 0.789. The molecule has 0 aliphatic carbocycles. The number of thioether (sulfide) groups is 1. The molecule has 0 atom stereocenters. The predicted molar refractivity (Wildman–Crippen MR) is 72.2 cm³/mol. The number of nitrogen functional groups attached to an aromatic ring is 1. The molecule has 0 saturated carbocycles. The summed E-state index contributed by atoms with van der Waals surface area (Å²) in [6.07, 6.45) is 2.54. The van der Waals surface area contributed by atoms with E-state index in [-0.39, 0.29) is 0 Å². The van der Waals surface area contributed by atoms with E-state index in [0.717, 1.165) is 40.4 Å². The Bertz CT molecular complexity index is 351. The topological polar surface area (TPSA) is 38.0 Å². The number of benzene rings is 1. The zero-order chi connectivity index (χ0) is 11.4. The van der Waals surface area contributed by atoms with E-state index in [2.05, 4.69) is 5.32 Å². The lowest BCUT2D eigenvalue weighted by Gasteiger charge is -2.22. The molecule has 0 bridgehead atoms. The fourth-order valence-corrected chi connectivity index (χ4v) is 3.34. The second kappa shape index (κ2) is 5.80. The normalized spacial score (nSPS) is 17.6. The number of hydrogen-bond acceptors (Lipinski definition) is 3. The molecule has 0 aromatic heterocycles. The lowest BCUT2D eigenvalue weighted by Crippen LogP contribution is -2.28. The molecule has 1 aliphatic heterocycles. The van der Waals surface area contributed by atoms with Crippen LogP contribution >= 0.6 is 23.4 Å². The van der Waals surface area contributed by atoms with Crippen molar-refractivity contribution < 1.29 is 0 Å². The molecule has 1 aromatic carbocycles. The van der Waals surface area contributed by atoms with Crippen molar-refractivity contribution in [2.45, 2.75) is 17.7 Å². The summed E-state index contributed by atoms with van der Waals surface area (Å²) in [5.74, 6) is 1.95.